The lowest BCUT2D eigenvalue weighted by molar-refractivity contribution is 0.0690. The maximum atomic E-state index is 10.8. The number of aromatic carboxylic acids is 1. The van der Waals surface area contributed by atoms with E-state index in [0.29, 0.717) is 17.3 Å². The second kappa shape index (κ2) is 3.73. The van der Waals surface area contributed by atoms with Crippen LogP contribution in [0.3, 0.4) is 0 Å². The summed E-state index contributed by atoms with van der Waals surface area (Å²) in [5.41, 5.74) is 0.635. The van der Waals surface area contributed by atoms with Gasteiger partial charge in [0.05, 0.1) is 5.69 Å². The zero-order valence-electron chi connectivity index (χ0n) is 8.88. The molecule has 6 heteroatoms. The molecule has 0 radical (unpaired) electrons. The Morgan fingerprint density at radius 1 is 1.44 bits per heavy atom. The summed E-state index contributed by atoms with van der Waals surface area (Å²) in [5, 5.41) is 13.0. The van der Waals surface area contributed by atoms with Gasteiger partial charge in [0.25, 0.3) is 0 Å². The van der Waals surface area contributed by atoms with Crippen molar-refractivity contribution in [1.29, 1.82) is 0 Å². The normalized spacial score (nSPS) is 10.4. The highest BCUT2D eigenvalue weighted by molar-refractivity contribution is 5.85. The Labute approximate surface area is 91.6 Å². The molecule has 0 fully saturated rings. The number of carboxylic acid groups (broad SMARTS) is 1. The van der Waals surface area contributed by atoms with Gasteiger partial charge in [-0.25, -0.2) is 19.4 Å². The maximum absolute atomic E-state index is 10.8. The van der Waals surface area contributed by atoms with Crippen molar-refractivity contribution in [3.63, 3.8) is 0 Å². The van der Waals surface area contributed by atoms with Crippen LogP contribution < -0.4 is 0 Å². The van der Waals surface area contributed by atoms with Crippen LogP contribution in [-0.2, 0) is 0 Å². The van der Waals surface area contributed by atoms with E-state index in [0.717, 1.165) is 0 Å². The summed E-state index contributed by atoms with van der Waals surface area (Å²) in [6.07, 6.45) is 1.44. The lowest BCUT2D eigenvalue weighted by atomic mass is 10.3. The summed E-state index contributed by atoms with van der Waals surface area (Å²) in [4.78, 5) is 18.7. The third kappa shape index (κ3) is 1.77. The minimum absolute atomic E-state index is 0.00921. The molecule has 0 aliphatic rings. The fourth-order valence-electron chi connectivity index (χ4n) is 1.43. The van der Waals surface area contributed by atoms with Crippen molar-refractivity contribution < 1.29 is 9.90 Å². The van der Waals surface area contributed by atoms with Gasteiger partial charge >= 0.3 is 5.97 Å². The summed E-state index contributed by atoms with van der Waals surface area (Å²) in [7, 11) is 0. The molecule has 2 rings (SSSR count). The third-order valence-electron chi connectivity index (χ3n) is 2.08. The van der Waals surface area contributed by atoms with E-state index in [1.165, 1.54) is 12.3 Å². The van der Waals surface area contributed by atoms with Crippen LogP contribution in [0.25, 0.3) is 5.69 Å². The van der Waals surface area contributed by atoms with Gasteiger partial charge in [0, 0.05) is 6.20 Å². The molecule has 0 saturated carbocycles. The molecular formula is C10H10N4O2. The van der Waals surface area contributed by atoms with Gasteiger partial charge in [-0.15, -0.1) is 0 Å². The molecule has 0 spiro atoms. The molecule has 16 heavy (non-hydrogen) atoms. The van der Waals surface area contributed by atoms with Crippen LogP contribution in [0.2, 0.25) is 0 Å². The third-order valence-corrected chi connectivity index (χ3v) is 2.08. The molecule has 0 saturated heterocycles. The van der Waals surface area contributed by atoms with E-state index < -0.39 is 5.97 Å². The van der Waals surface area contributed by atoms with E-state index in [1.807, 2.05) is 0 Å². The Balaban J connectivity index is 2.52. The first-order chi connectivity index (χ1) is 7.58. The van der Waals surface area contributed by atoms with Crippen molar-refractivity contribution in [2.75, 3.05) is 0 Å². The molecule has 2 aromatic heterocycles. The summed E-state index contributed by atoms with van der Waals surface area (Å²) in [6.45, 7) is 3.59. The van der Waals surface area contributed by atoms with Crippen molar-refractivity contribution in [1.82, 2.24) is 19.7 Å². The first-order valence-electron chi connectivity index (χ1n) is 4.68. The monoisotopic (exact) mass is 218 g/mol. The van der Waals surface area contributed by atoms with Gasteiger partial charge in [0.15, 0.2) is 0 Å². The smallest absolute Gasteiger partial charge is 0.354 e. The molecule has 0 atom stereocenters. The quantitative estimate of drug-likeness (QED) is 0.812. The molecule has 0 amide bonds. The fraction of sp³-hybridized carbons (Fsp3) is 0.200. The topological polar surface area (TPSA) is 80.9 Å². The lowest BCUT2D eigenvalue weighted by Gasteiger charge is -2.02. The number of nitrogens with zero attached hydrogens (tertiary/aromatic N) is 4. The molecular weight excluding hydrogens is 208 g/mol. The number of hydrogen-bond acceptors (Lipinski definition) is 4. The van der Waals surface area contributed by atoms with Gasteiger partial charge in [-0.3, -0.25) is 0 Å². The predicted octanol–water partition coefficient (Wildman–Crippen LogP) is 0.977. The van der Waals surface area contributed by atoms with E-state index in [2.05, 4.69) is 15.1 Å². The molecule has 0 aliphatic heterocycles. The lowest BCUT2D eigenvalue weighted by Crippen LogP contribution is -2.04. The number of hydrogen-bond donors (Lipinski definition) is 1. The van der Waals surface area contributed by atoms with Gasteiger partial charge in [-0.2, -0.15) is 5.10 Å². The van der Waals surface area contributed by atoms with Gasteiger partial charge in [-0.1, -0.05) is 0 Å². The summed E-state index contributed by atoms with van der Waals surface area (Å²) >= 11 is 0. The number of carboxylic acids is 1. The second-order valence-corrected chi connectivity index (χ2v) is 3.32. The van der Waals surface area contributed by atoms with Crippen molar-refractivity contribution >= 4 is 5.97 Å². The van der Waals surface area contributed by atoms with Crippen LogP contribution in [0.4, 0.5) is 0 Å². The first kappa shape index (κ1) is 10.3. The van der Waals surface area contributed by atoms with E-state index in [9.17, 15) is 4.79 Å². The van der Waals surface area contributed by atoms with Crippen LogP contribution >= 0.6 is 0 Å². The van der Waals surface area contributed by atoms with E-state index >= 15 is 0 Å². The van der Waals surface area contributed by atoms with E-state index in [1.54, 1.807) is 24.6 Å². The Morgan fingerprint density at radius 3 is 2.75 bits per heavy atom. The van der Waals surface area contributed by atoms with Crippen LogP contribution in [0.15, 0.2) is 18.3 Å². The molecule has 0 unspecified atom stereocenters. The molecule has 2 aromatic rings. The number of rotatable bonds is 2. The zero-order valence-corrected chi connectivity index (χ0v) is 8.88. The van der Waals surface area contributed by atoms with Crippen LogP contribution in [0.1, 0.15) is 22.1 Å². The Kier molecular flexibility index (Phi) is 2.40. The molecule has 0 aliphatic carbocycles. The highest BCUT2D eigenvalue weighted by Gasteiger charge is 2.09. The average molecular weight is 218 g/mol. The highest BCUT2D eigenvalue weighted by atomic mass is 16.4. The van der Waals surface area contributed by atoms with E-state index in [4.69, 9.17) is 5.11 Å². The van der Waals surface area contributed by atoms with Gasteiger partial charge in [0.2, 0.25) is 0 Å². The van der Waals surface area contributed by atoms with Crippen LogP contribution in [0, 0.1) is 13.8 Å². The Hall–Kier alpha value is -2.24. The van der Waals surface area contributed by atoms with Crippen LogP contribution in [-0.4, -0.2) is 30.8 Å². The minimum Gasteiger partial charge on any atom is -0.477 e. The van der Waals surface area contributed by atoms with E-state index in [-0.39, 0.29) is 5.69 Å². The predicted molar refractivity (Wildman–Crippen MR) is 55.6 cm³/mol. The SMILES string of the molecule is Cc1nc(C)n(-c2ccnc(C(=O)O)c2)n1. The number of aromatic nitrogens is 4. The molecule has 1 N–H and O–H groups in total. The first-order valence-corrected chi connectivity index (χ1v) is 4.68. The zero-order chi connectivity index (χ0) is 11.7. The van der Waals surface area contributed by atoms with Crippen molar-refractivity contribution in [2.24, 2.45) is 0 Å². The molecule has 2 heterocycles. The summed E-state index contributed by atoms with van der Waals surface area (Å²) in [5.74, 6) is 0.294. The van der Waals surface area contributed by atoms with Crippen LogP contribution in [0.5, 0.6) is 0 Å². The Bertz CT molecular complexity index is 548. The molecule has 82 valence electrons. The van der Waals surface area contributed by atoms with Crippen molar-refractivity contribution in [2.45, 2.75) is 13.8 Å². The number of carbonyl (C=O) groups is 1. The second-order valence-electron chi connectivity index (χ2n) is 3.32. The average Bonchev–Trinajstić information content (AvgIpc) is 2.58. The molecule has 0 bridgehead atoms. The summed E-state index contributed by atoms with van der Waals surface area (Å²) in [6, 6.07) is 3.15. The standard InChI is InChI=1S/C10H10N4O2/c1-6-12-7(2)14(13-6)8-3-4-11-9(5-8)10(15)16/h3-5H,1-2H3,(H,15,16). The molecule has 6 nitrogen and oxygen atoms in total. The number of pyridine rings is 1. The van der Waals surface area contributed by atoms with Crippen molar-refractivity contribution in [3.05, 3.63) is 35.7 Å². The fourth-order valence-corrected chi connectivity index (χ4v) is 1.43. The molecule has 0 aromatic carbocycles. The van der Waals surface area contributed by atoms with Gasteiger partial charge in [-0.05, 0) is 26.0 Å². The highest BCUT2D eigenvalue weighted by Crippen LogP contribution is 2.09. The largest absolute Gasteiger partial charge is 0.477 e. The summed E-state index contributed by atoms with van der Waals surface area (Å²) < 4.78 is 1.59. The number of aryl methyl sites for hydroxylation is 2. The minimum atomic E-state index is -1.06. The van der Waals surface area contributed by atoms with Crippen molar-refractivity contribution in [3.8, 4) is 5.69 Å². The van der Waals surface area contributed by atoms with Gasteiger partial charge < -0.3 is 5.11 Å². The Morgan fingerprint density at radius 2 is 2.19 bits per heavy atom. The maximum Gasteiger partial charge on any atom is 0.354 e. The van der Waals surface area contributed by atoms with Gasteiger partial charge in [0.1, 0.15) is 17.3 Å².